The zero-order chi connectivity index (χ0) is 11.9. The average molecular weight is 237 g/mol. The van der Waals surface area contributed by atoms with Crippen molar-refractivity contribution in [1.82, 2.24) is 9.97 Å². The van der Waals surface area contributed by atoms with E-state index in [2.05, 4.69) is 20.7 Å². The summed E-state index contributed by atoms with van der Waals surface area (Å²) in [6, 6.07) is 1.76. The Labute approximate surface area is 101 Å². The minimum Gasteiger partial charge on any atom is -0.376 e. The molecule has 1 aromatic rings. The van der Waals surface area contributed by atoms with Gasteiger partial charge >= 0.3 is 0 Å². The molecule has 0 unspecified atom stereocenters. The SMILES string of the molecule is NNc1cc(NCCOC2CCCC2)ncn1. The van der Waals surface area contributed by atoms with Crippen LogP contribution >= 0.6 is 0 Å². The molecule has 94 valence electrons. The average Bonchev–Trinajstić information content (AvgIpc) is 2.88. The van der Waals surface area contributed by atoms with E-state index >= 15 is 0 Å². The molecule has 6 heteroatoms. The van der Waals surface area contributed by atoms with Crippen LogP contribution in [0.4, 0.5) is 11.6 Å². The van der Waals surface area contributed by atoms with Gasteiger partial charge in [-0.2, -0.15) is 0 Å². The Morgan fingerprint density at radius 2 is 2.06 bits per heavy atom. The summed E-state index contributed by atoms with van der Waals surface area (Å²) in [7, 11) is 0. The summed E-state index contributed by atoms with van der Waals surface area (Å²) >= 11 is 0. The Morgan fingerprint density at radius 1 is 1.29 bits per heavy atom. The molecule has 1 aliphatic carbocycles. The second-order valence-corrected chi connectivity index (χ2v) is 4.14. The number of hydrogen-bond donors (Lipinski definition) is 3. The van der Waals surface area contributed by atoms with Crippen LogP contribution in [0.2, 0.25) is 0 Å². The lowest BCUT2D eigenvalue weighted by atomic mass is 10.3. The minimum absolute atomic E-state index is 0.462. The highest BCUT2D eigenvalue weighted by Crippen LogP contribution is 2.20. The van der Waals surface area contributed by atoms with Crippen LogP contribution in [0.3, 0.4) is 0 Å². The molecule has 0 amide bonds. The van der Waals surface area contributed by atoms with Crippen molar-refractivity contribution in [2.45, 2.75) is 31.8 Å². The number of aromatic nitrogens is 2. The van der Waals surface area contributed by atoms with E-state index in [0.717, 1.165) is 12.4 Å². The van der Waals surface area contributed by atoms with Crippen molar-refractivity contribution >= 4 is 11.6 Å². The largest absolute Gasteiger partial charge is 0.376 e. The molecule has 4 N–H and O–H groups in total. The van der Waals surface area contributed by atoms with E-state index < -0.39 is 0 Å². The van der Waals surface area contributed by atoms with Gasteiger partial charge in [-0.1, -0.05) is 12.8 Å². The summed E-state index contributed by atoms with van der Waals surface area (Å²) in [4.78, 5) is 8.01. The van der Waals surface area contributed by atoms with Crippen molar-refractivity contribution < 1.29 is 4.74 Å². The number of nitrogens with one attached hydrogen (secondary N) is 2. The lowest BCUT2D eigenvalue weighted by Gasteiger charge is -2.11. The summed E-state index contributed by atoms with van der Waals surface area (Å²) < 4.78 is 5.74. The highest BCUT2D eigenvalue weighted by atomic mass is 16.5. The van der Waals surface area contributed by atoms with Gasteiger partial charge in [0.2, 0.25) is 0 Å². The summed E-state index contributed by atoms with van der Waals surface area (Å²) in [5.41, 5.74) is 2.48. The highest BCUT2D eigenvalue weighted by molar-refractivity contribution is 5.45. The summed E-state index contributed by atoms with van der Waals surface area (Å²) in [6.07, 6.45) is 6.94. The summed E-state index contributed by atoms with van der Waals surface area (Å²) in [6.45, 7) is 1.46. The number of anilines is 2. The number of ether oxygens (including phenoxy) is 1. The molecule has 17 heavy (non-hydrogen) atoms. The van der Waals surface area contributed by atoms with Gasteiger partial charge in [0.1, 0.15) is 18.0 Å². The van der Waals surface area contributed by atoms with Crippen LogP contribution in [0, 0.1) is 0 Å². The molecule has 0 aliphatic heterocycles. The van der Waals surface area contributed by atoms with E-state index in [0.29, 0.717) is 18.5 Å². The zero-order valence-electron chi connectivity index (χ0n) is 9.85. The van der Waals surface area contributed by atoms with Gasteiger partial charge in [0.05, 0.1) is 12.7 Å². The van der Waals surface area contributed by atoms with Crippen LogP contribution in [0.5, 0.6) is 0 Å². The first kappa shape index (κ1) is 12.1. The van der Waals surface area contributed by atoms with Gasteiger partial charge in [0.25, 0.3) is 0 Å². The van der Waals surface area contributed by atoms with E-state index in [1.165, 1.54) is 32.0 Å². The molecule has 0 radical (unpaired) electrons. The maximum Gasteiger partial charge on any atom is 0.145 e. The Hall–Kier alpha value is -1.40. The van der Waals surface area contributed by atoms with Crippen molar-refractivity contribution in [2.24, 2.45) is 5.84 Å². The fraction of sp³-hybridized carbons (Fsp3) is 0.636. The molecule has 0 bridgehead atoms. The Balaban J connectivity index is 1.66. The molecule has 0 atom stereocenters. The number of rotatable bonds is 6. The van der Waals surface area contributed by atoms with Crippen LogP contribution < -0.4 is 16.6 Å². The third-order valence-corrected chi connectivity index (χ3v) is 2.88. The lowest BCUT2D eigenvalue weighted by Crippen LogP contribution is -2.16. The van der Waals surface area contributed by atoms with E-state index in [1.807, 2.05) is 0 Å². The fourth-order valence-electron chi connectivity index (χ4n) is 1.99. The monoisotopic (exact) mass is 237 g/mol. The van der Waals surface area contributed by atoms with Crippen molar-refractivity contribution in [2.75, 3.05) is 23.9 Å². The molecule has 0 saturated heterocycles. The molecular formula is C11H19N5O. The fourth-order valence-corrected chi connectivity index (χ4v) is 1.99. The quantitative estimate of drug-likeness (QED) is 0.391. The van der Waals surface area contributed by atoms with Gasteiger partial charge in [-0.15, -0.1) is 0 Å². The number of hydrogen-bond acceptors (Lipinski definition) is 6. The molecule has 6 nitrogen and oxygen atoms in total. The van der Waals surface area contributed by atoms with Gasteiger partial charge < -0.3 is 15.5 Å². The third-order valence-electron chi connectivity index (χ3n) is 2.88. The third kappa shape index (κ3) is 3.83. The first-order chi connectivity index (χ1) is 8.38. The number of nitrogens with zero attached hydrogens (tertiary/aromatic N) is 2. The Kier molecular flexibility index (Phi) is 4.52. The van der Waals surface area contributed by atoms with Crippen molar-refractivity contribution in [3.63, 3.8) is 0 Å². The van der Waals surface area contributed by atoms with Gasteiger partial charge in [-0.05, 0) is 12.8 Å². The van der Waals surface area contributed by atoms with E-state index in [-0.39, 0.29) is 0 Å². The standard InChI is InChI=1S/C11H19N5O/c12-16-11-7-10(14-8-15-11)13-5-6-17-9-3-1-2-4-9/h7-9H,1-6,12H2,(H2,13,14,15,16). The molecule has 1 fully saturated rings. The van der Waals surface area contributed by atoms with Crippen molar-refractivity contribution in [3.8, 4) is 0 Å². The van der Waals surface area contributed by atoms with Crippen LogP contribution in [0.25, 0.3) is 0 Å². The van der Waals surface area contributed by atoms with Gasteiger partial charge in [-0.3, -0.25) is 0 Å². The summed E-state index contributed by atoms with van der Waals surface area (Å²) in [5, 5.41) is 3.17. The highest BCUT2D eigenvalue weighted by Gasteiger charge is 2.14. The predicted octanol–water partition coefficient (Wildman–Crippen LogP) is 1.13. The molecule has 1 heterocycles. The molecule has 1 aromatic heterocycles. The van der Waals surface area contributed by atoms with Crippen LogP contribution in [-0.2, 0) is 4.74 Å². The minimum atomic E-state index is 0.462. The molecular weight excluding hydrogens is 218 g/mol. The Morgan fingerprint density at radius 3 is 2.82 bits per heavy atom. The maximum absolute atomic E-state index is 5.74. The maximum atomic E-state index is 5.74. The normalized spacial score (nSPS) is 16.1. The number of nitrogen functional groups attached to an aromatic ring is 1. The second kappa shape index (κ2) is 6.36. The molecule has 2 rings (SSSR count). The topological polar surface area (TPSA) is 85.1 Å². The molecule has 0 spiro atoms. The number of nitrogens with two attached hydrogens (primary N) is 1. The van der Waals surface area contributed by atoms with E-state index in [1.54, 1.807) is 6.07 Å². The molecule has 1 aliphatic rings. The van der Waals surface area contributed by atoms with Crippen molar-refractivity contribution in [3.05, 3.63) is 12.4 Å². The van der Waals surface area contributed by atoms with Gasteiger partial charge in [0.15, 0.2) is 0 Å². The number of hydrazine groups is 1. The van der Waals surface area contributed by atoms with Gasteiger partial charge in [-0.25, -0.2) is 15.8 Å². The van der Waals surface area contributed by atoms with Gasteiger partial charge in [0, 0.05) is 12.6 Å². The predicted molar refractivity (Wildman–Crippen MR) is 66.5 cm³/mol. The van der Waals surface area contributed by atoms with Crippen LogP contribution in [0.1, 0.15) is 25.7 Å². The first-order valence-corrected chi connectivity index (χ1v) is 6.02. The molecule has 0 aromatic carbocycles. The van der Waals surface area contributed by atoms with Crippen molar-refractivity contribution in [1.29, 1.82) is 0 Å². The first-order valence-electron chi connectivity index (χ1n) is 6.02. The van der Waals surface area contributed by atoms with Crippen LogP contribution in [0.15, 0.2) is 12.4 Å². The zero-order valence-corrected chi connectivity index (χ0v) is 9.85. The van der Waals surface area contributed by atoms with Crippen LogP contribution in [-0.4, -0.2) is 29.2 Å². The second-order valence-electron chi connectivity index (χ2n) is 4.14. The lowest BCUT2D eigenvalue weighted by molar-refractivity contribution is 0.0658. The summed E-state index contributed by atoms with van der Waals surface area (Å²) in [5.74, 6) is 6.61. The molecule has 1 saturated carbocycles. The Bertz CT molecular complexity index is 340. The smallest absolute Gasteiger partial charge is 0.145 e. The van der Waals surface area contributed by atoms with E-state index in [9.17, 15) is 0 Å². The van der Waals surface area contributed by atoms with E-state index in [4.69, 9.17) is 10.6 Å².